The van der Waals surface area contributed by atoms with E-state index < -0.39 is 11.7 Å². The molecule has 1 aliphatic rings. The first-order valence-corrected chi connectivity index (χ1v) is 7.03. The summed E-state index contributed by atoms with van der Waals surface area (Å²) in [6.07, 6.45) is -1.75. The zero-order valence-electron chi connectivity index (χ0n) is 11.4. The van der Waals surface area contributed by atoms with Crippen LogP contribution in [-0.2, 0) is 6.18 Å². The number of nitrogens with zero attached hydrogens (tertiary/aromatic N) is 1. The van der Waals surface area contributed by atoms with Gasteiger partial charge in [-0.25, -0.2) is 4.98 Å². The molecule has 0 aromatic carbocycles. The van der Waals surface area contributed by atoms with Crippen molar-refractivity contribution in [2.24, 2.45) is 11.8 Å². The van der Waals surface area contributed by atoms with Crippen molar-refractivity contribution in [3.63, 3.8) is 0 Å². The number of hydrogen-bond acceptors (Lipinski definition) is 2. The predicted octanol–water partition coefficient (Wildman–Crippen LogP) is 4.96. The van der Waals surface area contributed by atoms with E-state index in [1.165, 1.54) is 0 Å². The third-order valence-electron chi connectivity index (χ3n) is 3.52. The van der Waals surface area contributed by atoms with Crippen molar-refractivity contribution in [1.29, 1.82) is 0 Å². The molecule has 6 heteroatoms. The molecule has 20 heavy (non-hydrogen) atoms. The van der Waals surface area contributed by atoms with Crippen LogP contribution in [-0.4, -0.2) is 11.1 Å². The van der Waals surface area contributed by atoms with Gasteiger partial charge in [0.05, 0.1) is 5.56 Å². The molecule has 2 atom stereocenters. The lowest BCUT2D eigenvalue weighted by Gasteiger charge is -2.31. The quantitative estimate of drug-likeness (QED) is 0.721. The van der Waals surface area contributed by atoms with Crippen LogP contribution in [0.3, 0.4) is 0 Å². The molecule has 0 N–H and O–H groups in total. The lowest BCUT2D eigenvalue weighted by molar-refractivity contribution is -0.137. The SMILES string of the molecule is CC1CC(C)CC(Oc2cc(C(F)(F)F)cc(Cl)n2)C1. The van der Waals surface area contributed by atoms with Gasteiger partial charge in [-0.1, -0.05) is 25.4 Å². The van der Waals surface area contributed by atoms with Gasteiger partial charge in [0, 0.05) is 6.07 Å². The van der Waals surface area contributed by atoms with Gasteiger partial charge < -0.3 is 4.74 Å². The highest BCUT2D eigenvalue weighted by Gasteiger charge is 2.32. The summed E-state index contributed by atoms with van der Waals surface area (Å²) in [6, 6.07) is 1.72. The molecule has 1 aliphatic carbocycles. The number of aromatic nitrogens is 1. The summed E-state index contributed by atoms with van der Waals surface area (Å²) in [5.74, 6) is 0.964. The van der Waals surface area contributed by atoms with Gasteiger partial charge in [-0.2, -0.15) is 13.2 Å². The van der Waals surface area contributed by atoms with Gasteiger partial charge in [0.1, 0.15) is 11.3 Å². The van der Waals surface area contributed by atoms with Crippen molar-refractivity contribution in [3.8, 4) is 5.88 Å². The number of rotatable bonds is 2. The summed E-state index contributed by atoms with van der Waals surface area (Å²) in [6.45, 7) is 4.25. The van der Waals surface area contributed by atoms with Crippen molar-refractivity contribution in [2.45, 2.75) is 45.4 Å². The fraction of sp³-hybridized carbons (Fsp3) is 0.643. The Balaban J connectivity index is 2.15. The van der Waals surface area contributed by atoms with Crippen molar-refractivity contribution < 1.29 is 17.9 Å². The summed E-state index contributed by atoms with van der Waals surface area (Å²) >= 11 is 5.64. The van der Waals surface area contributed by atoms with Crippen LogP contribution in [0.5, 0.6) is 5.88 Å². The smallest absolute Gasteiger partial charge is 0.416 e. The molecule has 1 fully saturated rings. The molecule has 112 valence electrons. The average Bonchev–Trinajstić information content (AvgIpc) is 2.25. The molecule has 0 aliphatic heterocycles. The Hall–Kier alpha value is -0.970. The second-order valence-corrected chi connectivity index (χ2v) is 6.06. The van der Waals surface area contributed by atoms with E-state index in [0.717, 1.165) is 31.4 Å². The van der Waals surface area contributed by atoms with E-state index in [4.69, 9.17) is 16.3 Å². The Morgan fingerprint density at radius 2 is 1.75 bits per heavy atom. The molecule has 0 bridgehead atoms. The largest absolute Gasteiger partial charge is 0.474 e. The summed E-state index contributed by atoms with van der Waals surface area (Å²) in [7, 11) is 0. The van der Waals surface area contributed by atoms with E-state index in [2.05, 4.69) is 18.8 Å². The van der Waals surface area contributed by atoms with Crippen LogP contribution in [0.1, 0.15) is 38.7 Å². The zero-order valence-corrected chi connectivity index (χ0v) is 12.1. The van der Waals surface area contributed by atoms with E-state index in [0.29, 0.717) is 11.8 Å². The first kappa shape index (κ1) is 15.4. The third-order valence-corrected chi connectivity index (χ3v) is 3.71. The molecule has 0 spiro atoms. The number of pyridine rings is 1. The van der Waals surface area contributed by atoms with Crippen LogP contribution in [0.4, 0.5) is 13.2 Å². The number of alkyl halides is 3. The Bertz CT molecular complexity index is 468. The van der Waals surface area contributed by atoms with E-state index in [1.54, 1.807) is 0 Å². The molecular weight excluding hydrogens is 291 g/mol. The Kier molecular flexibility index (Phi) is 4.47. The number of halogens is 4. The standard InChI is InChI=1S/C14H17ClF3NO/c1-8-3-9(2)5-11(4-8)20-13-7-10(14(16,17)18)6-12(15)19-13/h6-9,11H,3-5H2,1-2H3. The van der Waals surface area contributed by atoms with Gasteiger partial charge in [0.2, 0.25) is 5.88 Å². The molecule has 2 unspecified atom stereocenters. The van der Waals surface area contributed by atoms with Crippen molar-refractivity contribution in [2.75, 3.05) is 0 Å². The fourth-order valence-corrected chi connectivity index (χ4v) is 3.04. The van der Waals surface area contributed by atoms with Crippen molar-refractivity contribution in [1.82, 2.24) is 4.98 Å². The first-order valence-electron chi connectivity index (χ1n) is 6.65. The average molecular weight is 308 g/mol. The first-order chi connectivity index (χ1) is 9.24. The minimum absolute atomic E-state index is 0.0453. The molecule has 0 radical (unpaired) electrons. The van der Waals surface area contributed by atoms with Crippen LogP contribution >= 0.6 is 11.6 Å². The maximum Gasteiger partial charge on any atom is 0.416 e. The summed E-state index contributed by atoms with van der Waals surface area (Å²) in [5.41, 5.74) is -0.829. The van der Waals surface area contributed by atoms with Crippen LogP contribution < -0.4 is 4.74 Å². The topological polar surface area (TPSA) is 22.1 Å². The summed E-state index contributed by atoms with van der Waals surface area (Å²) < 4.78 is 43.7. The number of ether oxygens (including phenoxy) is 1. The van der Waals surface area contributed by atoms with Gasteiger partial charge in [-0.05, 0) is 37.2 Å². The molecule has 2 rings (SSSR count). The Labute approximate surface area is 121 Å². The Morgan fingerprint density at radius 3 is 2.30 bits per heavy atom. The van der Waals surface area contributed by atoms with Crippen LogP contribution in [0.25, 0.3) is 0 Å². The zero-order chi connectivity index (χ0) is 14.9. The molecule has 0 saturated heterocycles. The molecule has 1 heterocycles. The minimum atomic E-state index is -4.45. The number of hydrogen-bond donors (Lipinski definition) is 0. The van der Waals surface area contributed by atoms with Crippen LogP contribution in [0.2, 0.25) is 5.15 Å². The van der Waals surface area contributed by atoms with Gasteiger partial charge in [-0.15, -0.1) is 0 Å². The maximum absolute atomic E-state index is 12.7. The second kappa shape index (κ2) is 5.80. The van der Waals surface area contributed by atoms with Crippen molar-refractivity contribution in [3.05, 3.63) is 22.8 Å². The predicted molar refractivity (Wildman–Crippen MR) is 70.8 cm³/mol. The third kappa shape index (κ3) is 4.01. The van der Waals surface area contributed by atoms with Gasteiger partial charge in [0.15, 0.2) is 0 Å². The summed E-state index contributed by atoms with van der Waals surface area (Å²) in [4.78, 5) is 3.83. The van der Waals surface area contributed by atoms with E-state index in [9.17, 15) is 13.2 Å². The van der Waals surface area contributed by atoms with E-state index >= 15 is 0 Å². The second-order valence-electron chi connectivity index (χ2n) is 5.67. The van der Waals surface area contributed by atoms with Crippen LogP contribution in [0, 0.1) is 11.8 Å². The van der Waals surface area contributed by atoms with Crippen molar-refractivity contribution >= 4 is 11.6 Å². The molecule has 1 saturated carbocycles. The maximum atomic E-state index is 12.7. The highest BCUT2D eigenvalue weighted by atomic mass is 35.5. The fourth-order valence-electron chi connectivity index (χ4n) is 2.84. The van der Waals surface area contributed by atoms with Crippen LogP contribution in [0.15, 0.2) is 12.1 Å². The highest BCUT2D eigenvalue weighted by molar-refractivity contribution is 6.29. The molecule has 0 amide bonds. The highest BCUT2D eigenvalue weighted by Crippen LogP contribution is 2.35. The molecule has 1 aromatic heterocycles. The van der Waals surface area contributed by atoms with Gasteiger partial charge in [0.25, 0.3) is 0 Å². The normalized spacial score (nSPS) is 27.4. The molecular formula is C14H17ClF3NO. The lowest BCUT2D eigenvalue weighted by Crippen LogP contribution is -2.28. The Morgan fingerprint density at radius 1 is 1.15 bits per heavy atom. The van der Waals surface area contributed by atoms with Gasteiger partial charge >= 0.3 is 6.18 Å². The minimum Gasteiger partial charge on any atom is -0.474 e. The molecule has 2 nitrogen and oxygen atoms in total. The molecule has 1 aromatic rings. The van der Waals surface area contributed by atoms with Gasteiger partial charge in [-0.3, -0.25) is 0 Å². The van der Waals surface area contributed by atoms with E-state index in [1.807, 2.05) is 0 Å². The van der Waals surface area contributed by atoms with E-state index in [-0.39, 0.29) is 17.1 Å². The monoisotopic (exact) mass is 307 g/mol. The summed E-state index contributed by atoms with van der Waals surface area (Å²) in [5, 5.41) is -0.202. The lowest BCUT2D eigenvalue weighted by atomic mass is 9.82.